The highest BCUT2D eigenvalue weighted by Gasteiger charge is 2.15. The highest BCUT2D eigenvalue weighted by Crippen LogP contribution is 2.21. The number of amides is 1. The van der Waals surface area contributed by atoms with Crippen molar-refractivity contribution < 1.29 is 4.79 Å². The largest absolute Gasteiger partial charge is 0.307 e. The molecule has 4 nitrogen and oxygen atoms in total. The number of nitrogens with zero attached hydrogens (tertiary/aromatic N) is 2. The van der Waals surface area contributed by atoms with Gasteiger partial charge in [-0.2, -0.15) is 5.10 Å². The first-order chi connectivity index (χ1) is 9.43. The normalized spacial score (nSPS) is 10.7. The van der Waals surface area contributed by atoms with E-state index in [9.17, 15) is 4.79 Å². The maximum Gasteiger partial charge on any atom is 0.256 e. The molecule has 1 amide bonds. The summed E-state index contributed by atoms with van der Waals surface area (Å²) in [6.45, 7) is 5.87. The maximum atomic E-state index is 12.3. The van der Waals surface area contributed by atoms with Crippen LogP contribution in [0.1, 0.15) is 34.1 Å². The Balaban J connectivity index is 2.30. The molecule has 0 spiro atoms. The van der Waals surface area contributed by atoms with Crippen LogP contribution in [-0.4, -0.2) is 15.7 Å². The molecule has 0 aliphatic heterocycles. The van der Waals surface area contributed by atoms with Crippen LogP contribution >= 0.6 is 11.6 Å². The molecular formula is C15H18ClN3O. The van der Waals surface area contributed by atoms with Gasteiger partial charge in [-0.15, -0.1) is 0 Å². The highest BCUT2D eigenvalue weighted by molar-refractivity contribution is 6.31. The van der Waals surface area contributed by atoms with Gasteiger partial charge in [0.2, 0.25) is 0 Å². The van der Waals surface area contributed by atoms with Crippen molar-refractivity contribution in [2.75, 3.05) is 5.32 Å². The third-order valence-corrected chi connectivity index (χ3v) is 3.78. The van der Waals surface area contributed by atoms with Gasteiger partial charge >= 0.3 is 0 Å². The van der Waals surface area contributed by atoms with Crippen LogP contribution in [0.3, 0.4) is 0 Å². The Labute approximate surface area is 123 Å². The monoisotopic (exact) mass is 291 g/mol. The van der Waals surface area contributed by atoms with Crippen LogP contribution < -0.4 is 5.32 Å². The lowest BCUT2D eigenvalue weighted by Gasteiger charge is -2.09. The van der Waals surface area contributed by atoms with Crippen molar-refractivity contribution in [3.8, 4) is 0 Å². The zero-order chi connectivity index (χ0) is 14.9. The number of rotatable bonds is 3. The molecule has 1 N–H and O–H groups in total. The summed E-state index contributed by atoms with van der Waals surface area (Å²) < 4.78 is 1.70. The van der Waals surface area contributed by atoms with Crippen molar-refractivity contribution in [3.63, 3.8) is 0 Å². The molecule has 0 radical (unpaired) electrons. The van der Waals surface area contributed by atoms with Crippen LogP contribution in [-0.2, 0) is 13.5 Å². The van der Waals surface area contributed by atoms with E-state index in [-0.39, 0.29) is 5.91 Å². The Morgan fingerprint density at radius 3 is 2.70 bits per heavy atom. The molecule has 0 atom stereocenters. The van der Waals surface area contributed by atoms with E-state index in [2.05, 4.69) is 10.4 Å². The molecular weight excluding hydrogens is 274 g/mol. The Morgan fingerprint density at radius 1 is 1.40 bits per heavy atom. The molecule has 5 heteroatoms. The van der Waals surface area contributed by atoms with Crippen LogP contribution in [0.25, 0.3) is 0 Å². The summed E-state index contributed by atoms with van der Waals surface area (Å²) >= 11 is 5.98. The van der Waals surface area contributed by atoms with Crippen molar-refractivity contribution in [2.24, 2.45) is 7.05 Å². The Kier molecular flexibility index (Phi) is 4.14. The van der Waals surface area contributed by atoms with Gasteiger partial charge < -0.3 is 5.32 Å². The second-order valence-electron chi connectivity index (χ2n) is 4.81. The van der Waals surface area contributed by atoms with Gasteiger partial charge in [-0.3, -0.25) is 9.48 Å². The molecule has 2 aromatic rings. The zero-order valence-electron chi connectivity index (χ0n) is 12.1. The number of nitrogens with one attached hydrogen (secondary N) is 1. The standard InChI is InChI=1S/C15H18ClN3O/c1-5-12-10(3)18-19(4)14(12)17-15(20)11-6-7-13(16)9(2)8-11/h6-8H,5H2,1-4H3,(H,17,20). The summed E-state index contributed by atoms with van der Waals surface area (Å²) in [5.74, 6) is 0.602. The first-order valence-electron chi connectivity index (χ1n) is 6.54. The van der Waals surface area contributed by atoms with E-state index in [1.54, 1.807) is 22.9 Å². The third-order valence-electron chi connectivity index (χ3n) is 3.35. The van der Waals surface area contributed by atoms with E-state index < -0.39 is 0 Å². The molecule has 1 heterocycles. The number of carbonyl (C=O) groups excluding carboxylic acids is 1. The van der Waals surface area contributed by atoms with Gasteiger partial charge in [0.25, 0.3) is 5.91 Å². The molecule has 1 aromatic carbocycles. The molecule has 20 heavy (non-hydrogen) atoms. The van der Waals surface area contributed by atoms with Gasteiger partial charge in [0.1, 0.15) is 5.82 Å². The maximum absolute atomic E-state index is 12.3. The Morgan fingerprint density at radius 2 is 2.10 bits per heavy atom. The highest BCUT2D eigenvalue weighted by atomic mass is 35.5. The number of halogens is 1. The van der Waals surface area contributed by atoms with Gasteiger partial charge in [0.05, 0.1) is 5.69 Å². The Hall–Kier alpha value is -1.81. The summed E-state index contributed by atoms with van der Waals surface area (Å²) in [6, 6.07) is 5.24. The summed E-state index contributed by atoms with van der Waals surface area (Å²) in [4.78, 5) is 12.3. The van der Waals surface area contributed by atoms with Crippen LogP contribution in [0.5, 0.6) is 0 Å². The van der Waals surface area contributed by atoms with Crippen molar-refractivity contribution in [1.29, 1.82) is 0 Å². The first kappa shape index (κ1) is 14.6. The molecule has 0 fully saturated rings. The second kappa shape index (κ2) is 5.67. The van der Waals surface area contributed by atoms with E-state index in [0.29, 0.717) is 10.6 Å². The Bertz CT molecular complexity index is 661. The van der Waals surface area contributed by atoms with Gasteiger partial charge in [-0.05, 0) is 44.0 Å². The van der Waals surface area contributed by atoms with E-state index in [1.807, 2.05) is 27.8 Å². The SMILES string of the molecule is CCc1c(C)nn(C)c1NC(=O)c1ccc(Cl)c(C)c1. The molecule has 2 rings (SSSR count). The molecule has 0 aliphatic rings. The van der Waals surface area contributed by atoms with E-state index in [4.69, 9.17) is 11.6 Å². The third kappa shape index (κ3) is 2.70. The lowest BCUT2D eigenvalue weighted by atomic mass is 10.1. The van der Waals surface area contributed by atoms with Crippen molar-refractivity contribution >= 4 is 23.3 Å². The first-order valence-corrected chi connectivity index (χ1v) is 6.91. The van der Waals surface area contributed by atoms with Gasteiger partial charge in [0.15, 0.2) is 0 Å². The predicted molar refractivity (Wildman–Crippen MR) is 81.5 cm³/mol. The minimum absolute atomic E-state index is 0.150. The van der Waals surface area contributed by atoms with Crippen molar-refractivity contribution in [3.05, 3.63) is 45.6 Å². The van der Waals surface area contributed by atoms with Crippen molar-refractivity contribution in [2.45, 2.75) is 27.2 Å². The van der Waals surface area contributed by atoms with Gasteiger partial charge in [0, 0.05) is 23.2 Å². The molecule has 0 aliphatic carbocycles. The summed E-state index contributed by atoms with van der Waals surface area (Å²) in [5, 5.41) is 7.93. The minimum atomic E-state index is -0.150. The fourth-order valence-corrected chi connectivity index (χ4v) is 2.36. The summed E-state index contributed by atoms with van der Waals surface area (Å²) in [5.41, 5.74) is 3.48. The predicted octanol–water partition coefficient (Wildman–Crippen LogP) is 3.51. The minimum Gasteiger partial charge on any atom is -0.307 e. The lowest BCUT2D eigenvalue weighted by Crippen LogP contribution is -2.15. The summed E-state index contributed by atoms with van der Waals surface area (Å²) in [7, 11) is 1.83. The van der Waals surface area contributed by atoms with Crippen LogP contribution in [0.15, 0.2) is 18.2 Å². The average Bonchev–Trinajstić information content (AvgIpc) is 2.67. The lowest BCUT2D eigenvalue weighted by molar-refractivity contribution is 0.102. The molecule has 0 saturated carbocycles. The summed E-state index contributed by atoms with van der Waals surface area (Å²) in [6.07, 6.45) is 0.828. The number of carbonyl (C=O) groups is 1. The second-order valence-corrected chi connectivity index (χ2v) is 5.22. The fourth-order valence-electron chi connectivity index (χ4n) is 2.25. The van der Waals surface area contributed by atoms with Gasteiger partial charge in [-0.25, -0.2) is 0 Å². The van der Waals surface area contributed by atoms with E-state index in [1.165, 1.54) is 0 Å². The zero-order valence-corrected chi connectivity index (χ0v) is 12.9. The quantitative estimate of drug-likeness (QED) is 0.941. The van der Waals surface area contributed by atoms with E-state index in [0.717, 1.165) is 29.1 Å². The number of hydrogen-bond donors (Lipinski definition) is 1. The van der Waals surface area contributed by atoms with Crippen LogP contribution in [0.4, 0.5) is 5.82 Å². The molecule has 106 valence electrons. The van der Waals surface area contributed by atoms with Crippen LogP contribution in [0, 0.1) is 13.8 Å². The number of aryl methyl sites for hydroxylation is 3. The topological polar surface area (TPSA) is 46.9 Å². The molecule has 1 aromatic heterocycles. The van der Waals surface area contributed by atoms with Crippen molar-refractivity contribution in [1.82, 2.24) is 9.78 Å². The number of hydrogen-bond acceptors (Lipinski definition) is 2. The average molecular weight is 292 g/mol. The number of benzene rings is 1. The molecule has 0 bridgehead atoms. The van der Waals surface area contributed by atoms with E-state index >= 15 is 0 Å². The smallest absolute Gasteiger partial charge is 0.256 e. The van der Waals surface area contributed by atoms with Crippen LogP contribution in [0.2, 0.25) is 5.02 Å². The molecule has 0 saturated heterocycles. The van der Waals surface area contributed by atoms with Gasteiger partial charge in [-0.1, -0.05) is 18.5 Å². The molecule has 0 unspecified atom stereocenters. The number of anilines is 1. The fraction of sp³-hybridized carbons (Fsp3) is 0.333. The number of aromatic nitrogens is 2.